The van der Waals surface area contributed by atoms with Crippen molar-refractivity contribution in [1.82, 2.24) is 5.32 Å². The molecule has 1 aromatic carbocycles. The lowest BCUT2D eigenvalue weighted by molar-refractivity contribution is -0.121. The Bertz CT molecular complexity index is 432. The molecule has 0 aliphatic carbocycles. The predicted molar refractivity (Wildman–Crippen MR) is 77.4 cm³/mol. The van der Waals surface area contributed by atoms with Crippen molar-refractivity contribution in [3.05, 3.63) is 17.7 Å². The van der Waals surface area contributed by atoms with E-state index in [4.69, 9.17) is 14.2 Å². The van der Waals surface area contributed by atoms with E-state index in [2.05, 4.69) is 5.32 Å². The van der Waals surface area contributed by atoms with Crippen molar-refractivity contribution in [1.29, 1.82) is 0 Å². The molecule has 1 rings (SSSR count). The highest BCUT2D eigenvalue weighted by Gasteiger charge is 2.13. The molecule has 5 nitrogen and oxygen atoms in total. The van der Waals surface area contributed by atoms with Crippen LogP contribution in [0.25, 0.3) is 0 Å². The average molecular weight is 281 g/mol. The Morgan fingerprint density at radius 1 is 1.10 bits per heavy atom. The number of hydrogen-bond acceptors (Lipinski definition) is 4. The third-order valence-electron chi connectivity index (χ3n) is 2.81. The molecule has 1 amide bonds. The first-order chi connectivity index (χ1) is 9.51. The van der Waals surface area contributed by atoms with E-state index in [1.165, 1.54) is 0 Å². The molecular formula is C15H23NO4. The third kappa shape index (κ3) is 4.33. The molecule has 1 aromatic rings. The Hall–Kier alpha value is -1.91. The molecule has 20 heavy (non-hydrogen) atoms. The van der Waals surface area contributed by atoms with E-state index >= 15 is 0 Å². The molecular weight excluding hydrogens is 258 g/mol. The Balaban J connectivity index is 2.83. The predicted octanol–water partition coefficient (Wildman–Crippen LogP) is 2.37. The van der Waals surface area contributed by atoms with Gasteiger partial charge in [-0.15, -0.1) is 0 Å². The maximum atomic E-state index is 11.7. The minimum absolute atomic E-state index is 0.0359. The maximum absolute atomic E-state index is 11.7. The van der Waals surface area contributed by atoms with Crippen LogP contribution in [0.5, 0.6) is 17.2 Å². The number of methoxy groups -OCH3 is 3. The highest BCUT2D eigenvalue weighted by Crippen LogP contribution is 2.38. The van der Waals surface area contributed by atoms with Gasteiger partial charge in [0.1, 0.15) is 0 Å². The molecule has 0 aromatic heterocycles. The molecule has 0 spiro atoms. The van der Waals surface area contributed by atoms with Crippen molar-refractivity contribution >= 4 is 5.91 Å². The van der Waals surface area contributed by atoms with Crippen molar-refractivity contribution in [2.45, 2.75) is 26.8 Å². The topological polar surface area (TPSA) is 56.8 Å². The molecule has 0 atom stereocenters. The summed E-state index contributed by atoms with van der Waals surface area (Å²) in [6.45, 7) is 4.46. The first-order valence-electron chi connectivity index (χ1n) is 6.57. The summed E-state index contributed by atoms with van der Waals surface area (Å²) in [4.78, 5) is 11.7. The zero-order valence-electron chi connectivity index (χ0n) is 12.8. The van der Waals surface area contributed by atoms with Crippen molar-refractivity contribution in [3.8, 4) is 17.2 Å². The number of carbonyl (C=O) groups is 1. The lowest BCUT2D eigenvalue weighted by Gasteiger charge is -2.14. The van der Waals surface area contributed by atoms with Crippen LogP contribution in [0.4, 0.5) is 0 Å². The molecule has 5 heteroatoms. The minimum atomic E-state index is 0.0359. The zero-order valence-corrected chi connectivity index (χ0v) is 12.8. The zero-order chi connectivity index (χ0) is 15.1. The molecule has 0 unspecified atom stereocenters. The quantitative estimate of drug-likeness (QED) is 0.833. The van der Waals surface area contributed by atoms with Crippen LogP contribution in [-0.2, 0) is 11.3 Å². The number of ether oxygens (including phenoxy) is 3. The minimum Gasteiger partial charge on any atom is -0.493 e. The summed E-state index contributed by atoms with van der Waals surface area (Å²) < 4.78 is 15.8. The summed E-state index contributed by atoms with van der Waals surface area (Å²) >= 11 is 0. The molecule has 1 N–H and O–H groups in total. The second-order valence-corrected chi connectivity index (χ2v) is 4.91. The van der Waals surface area contributed by atoms with E-state index in [1.807, 2.05) is 26.0 Å². The van der Waals surface area contributed by atoms with Crippen LogP contribution in [0, 0.1) is 5.92 Å². The van der Waals surface area contributed by atoms with E-state index in [-0.39, 0.29) is 5.91 Å². The van der Waals surface area contributed by atoms with Gasteiger partial charge in [-0.3, -0.25) is 4.79 Å². The molecule has 0 bridgehead atoms. The summed E-state index contributed by atoms with van der Waals surface area (Å²) in [5.74, 6) is 2.09. The van der Waals surface area contributed by atoms with Crippen LogP contribution in [0.3, 0.4) is 0 Å². The molecule has 0 radical (unpaired) electrons. The maximum Gasteiger partial charge on any atom is 0.220 e. The van der Waals surface area contributed by atoms with Crippen LogP contribution in [0.1, 0.15) is 25.8 Å². The Labute approximate surface area is 120 Å². The Kier molecular flexibility index (Phi) is 6.15. The van der Waals surface area contributed by atoms with E-state index in [0.29, 0.717) is 36.1 Å². The average Bonchev–Trinajstić information content (AvgIpc) is 2.42. The fourth-order valence-electron chi connectivity index (χ4n) is 1.88. The van der Waals surface area contributed by atoms with Gasteiger partial charge in [0.05, 0.1) is 21.3 Å². The van der Waals surface area contributed by atoms with Gasteiger partial charge in [0.15, 0.2) is 11.5 Å². The monoisotopic (exact) mass is 281 g/mol. The fourth-order valence-corrected chi connectivity index (χ4v) is 1.88. The van der Waals surface area contributed by atoms with Gasteiger partial charge >= 0.3 is 0 Å². The van der Waals surface area contributed by atoms with Gasteiger partial charge in [-0.1, -0.05) is 13.8 Å². The van der Waals surface area contributed by atoms with Gasteiger partial charge in [0.25, 0.3) is 0 Å². The molecule has 0 saturated heterocycles. The Morgan fingerprint density at radius 2 is 1.65 bits per heavy atom. The second kappa shape index (κ2) is 7.62. The van der Waals surface area contributed by atoms with Gasteiger partial charge in [-0.25, -0.2) is 0 Å². The van der Waals surface area contributed by atoms with E-state index in [0.717, 1.165) is 5.56 Å². The van der Waals surface area contributed by atoms with E-state index < -0.39 is 0 Å². The lowest BCUT2D eigenvalue weighted by Crippen LogP contribution is -2.23. The summed E-state index contributed by atoms with van der Waals surface area (Å²) in [5.41, 5.74) is 0.900. The van der Waals surface area contributed by atoms with Gasteiger partial charge in [-0.05, 0) is 23.6 Å². The van der Waals surface area contributed by atoms with Crippen LogP contribution in [0.2, 0.25) is 0 Å². The van der Waals surface area contributed by atoms with Gasteiger partial charge in [0.2, 0.25) is 11.7 Å². The molecule has 0 aliphatic heterocycles. The highest BCUT2D eigenvalue weighted by atomic mass is 16.5. The summed E-state index contributed by atoms with van der Waals surface area (Å²) in [7, 11) is 4.70. The van der Waals surface area contributed by atoms with Crippen molar-refractivity contribution in [2.75, 3.05) is 21.3 Å². The van der Waals surface area contributed by atoms with Gasteiger partial charge < -0.3 is 19.5 Å². The largest absolute Gasteiger partial charge is 0.493 e. The molecule has 0 aliphatic rings. The van der Waals surface area contributed by atoms with Gasteiger partial charge in [0, 0.05) is 13.0 Å². The first kappa shape index (κ1) is 16.1. The first-order valence-corrected chi connectivity index (χ1v) is 6.57. The number of carbonyl (C=O) groups excluding carboxylic acids is 1. The number of benzene rings is 1. The molecule has 0 saturated carbocycles. The van der Waals surface area contributed by atoms with Crippen LogP contribution >= 0.6 is 0 Å². The summed E-state index contributed by atoms with van der Waals surface area (Å²) in [5, 5.41) is 2.88. The SMILES string of the molecule is COc1cc(CNC(=O)CC(C)C)cc(OC)c1OC. The summed E-state index contributed by atoms with van der Waals surface area (Å²) in [6, 6.07) is 3.66. The standard InChI is InChI=1S/C15H23NO4/c1-10(2)6-14(17)16-9-11-7-12(18-3)15(20-5)13(8-11)19-4/h7-8,10H,6,9H2,1-5H3,(H,16,17). The van der Waals surface area contributed by atoms with Crippen molar-refractivity contribution < 1.29 is 19.0 Å². The molecule has 0 fully saturated rings. The van der Waals surface area contributed by atoms with E-state index in [1.54, 1.807) is 21.3 Å². The normalized spacial score (nSPS) is 10.3. The van der Waals surface area contributed by atoms with Crippen LogP contribution in [-0.4, -0.2) is 27.2 Å². The van der Waals surface area contributed by atoms with Crippen LogP contribution in [0.15, 0.2) is 12.1 Å². The van der Waals surface area contributed by atoms with Crippen molar-refractivity contribution in [3.63, 3.8) is 0 Å². The number of hydrogen-bond donors (Lipinski definition) is 1. The molecule has 0 heterocycles. The van der Waals surface area contributed by atoms with Gasteiger partial charge in [-0.2, -0.15) is 0 Å². The van der Waals surface area contributed by atoms with Crippen LogP contribution < -0.4 is 19.5 Å². The van der Waals surface area contributed by atoms with Crippen molar-refractivity contribution in [2.24, 2.45) is 5.92 Å². The lowest BCUT2D eigenvalue weighted by atomic mass is 10.1. The van der Waals surface area contributed by atoms with E-state index in [9.17, 15) is 4.79 Å². The number of rotatable bonds is 7. The second-order valence-electron chi connectivity index (χ2n) is 4.91. The fraction of sp³-hybridized carbons (Fsp3) is 0.533. The highest BCUT2D eigenvalue weighted by molar-refractivity contribution is 5.76. The molecule has 112 valence electrons. The number of amides is 1. The smallest absolute Gasteiger partial charge is 0.220 e. The summed E-state index contributed by atoms with van der Waals surface area (Å²) in [6.07, 6.45) is 0.518. The third-order valence-corrected chi connectivity index (χ3v) is 2.81. The Morgan fingerprint density at radius 3 is 2.05 bits per heavy atom. The number of nitrogens with one attached hydrogen (secondary N) is 1.